The quantitative estimate of drug-likeness (QED) is 0.800. The van der Waals surface area contributed by atoms with Gasteiger partial charge in [-0.3, -0.25) is 4.99 Å². The van der Waals surface area contributed by atoms with Crippen molar-refractivity contribution >= 4 is 27.5 Å². The van der Waals surface area contributed by atoms with E-state index in [9.17, 15) is 4.39 Å². The predicted octanol–water partition coefficient (Wildman–Crippen LogP) is 3.67. The molecule has 2 aliphatic heterocycles. The van der Waals surface area contributed by atoms with Crippen LogP contribution in [0, 0.1) is 0 Å². The molecule has 2 unspecified atom stereocenters. The minimum Gasteiger partial charge on any atom is -0.443 e. The summed E-state index contributed by atoms with van der Waals surface area (Å²) in [5.74, 6) is 1.37. The Morgan fingerprint density at radius 2 is 2.13 bits per heavy atom. The van der Waals surface area contributed by atoms with E-state index in [1.807, 2.05) is 0 Å². The normalized spacial score (nSPS) is 22.0. The molecule has 0 spiro atoms. The molecule has 2 aliphatic rings. The van der Waals surface area contributed by atoms with Crippen molar-refractivity contribution in [3.8, 4) is 5.88 Å². The zero-order chi connectivity index (χ0) is 16.9. The van der Waals surface area contributed by atoms with Crippen LogP contribution in [0.15, 0.2) is 26.7 Å². The van der Waals surface area contributed by atoms with E-state index in [1.165, 1.54) is 6.92 Å². The summed E-state index contributed by atoms with van der Waals surface area (Å²) >= 11 is 3.52. The topological polar surface area (TPSA) is 42.6 Å². The van der Waals surface area contributed by atoms with Gasteiger partial charge in [-0.1, -0.05) is 6.08 Å². The standard InChI is InChI=1S/C16H20BrFN4O/c1-8-6-9(2)15-19-10(3)7-22(15)14(8)13-12(17)16(21(5)20-13)23-11(4)18/h6,10-11H,7H2,1-5H3. The largest absolute Gasteiger partial charge is 0.443 e. The number of aryl methyl sites for hydroxylation is 1. The Labute approximate surface area is 143 Å². The van der Waals surface area contributed by atoms with Crippen LogP contribution >= 0.6 is 15.9 Å². The maximum Gasteiger partial charge on any atom is 0.237 e. The van der Waals surface area contributed by atoms with Crippen molar-refractivity contribution in [3.63, 3.8) is 0 Å². The first-order valence-electron chi connectivity index (χ1n) is 7.58. The second kappa shape index (κ2) is 5.78. The first kappa shape index (κ1) is 16.2. The molecular formula is C16H20BrFN4O. The Morgan fingerprint density at radius 3 is 2.78 bits per heavy atom. The smallest absolute Gasteiger partial charge is 0.237 e. The van der Waals surface area contributed by atoms with Crippen molar-refractivity contribution in [2.45, 2.75) is 40.1 Å². The molecule has 0 amide bonds. The van der Waals surface area contributed by atoms with Crippen LogP contribution < -0.4 is 4.74 Å². The molecule has 2 atom stereocenters. The van der Waals surface area contributed by atoms with Gasteiger partial charge in [0.25, 0.3) is 0 Å². The van der Waals surface area contributed by atoms with E-state index in [0.717, 1.165) is 34.9 Å². The van der Waals surface area contributed by atoms with Crippen LogP contribution in [-0.2, 0) is 7.05 Å². The monoisotopic (exact) mass is 382 g/mol. The molecule has 0 N–H and O–H groups in total. The molecule has 23 heavy (non-hydrogen) atoms. The summed E-state index contributed by atoms with van der Waals surface area (Å²) in [6, 6.07) is 0.235. The molecule has 3 rings (SSSR count). The second-order valence-electron chi connectivity index (χ2n) is 6.02. The summed E-state index contributed by atoms with van der Waals surface area (Å²) in [6.45, 7) is 8.38. The highest BCUT2D eigenvalue weighted by Gasteiger charge is 2.34. The molecule has 7 heteroatoms. The van der Waals surface area contributed by atoms with E-state index in [4.69, 9.17) is 9.73 Å². The van der Waals surface area contributed by atoms with Gasteiger partial charge in [0.2, 0.25) is 12.2 Å². The van der Waals surface area contributed by atoms with Gasteiger partial charge in [-0.25, -0.2) is 9.07 Å². The number of nitrogens with zero attached hydrogens (tertiary/aromatic N) is 4. The maximum absolute atomic E-state index is 13.3. The van der Waals surface area contributed by atoms with Gasteiger partial charge in [-0.2, -0.15) is 5.10 Å². The van der Waals surface area contributed by atoms with Crippen molar-refractivity contribution in [2.24, 2.45) is 12.0 Å². The lowest BCUT2D eigenvalue weighted by molar-refractivity contribution is 0.0754. The number of allylic oxidation sites excluding steroid dienone is 2. The number of aliphatic imine (C=N–C) groups is 1. The van der Waals surface area contributed by atoms with E-state index in [0.29, 0.717) is 10.4 Å². The van der Waals surface area contributed by atoms with Crippen LogP contribution in [-0.4, -0.2) is 39.5 Å². The van der Waals surface area contributed by atoms with Crippen LogP contribution in [0.1, 0.15) is 33.4 Å². The molecule has 0 aromatic carbocycles. The highest BCUT2D eigenvalue weighted by Crippen LogP contribution is 2.39. The molecule has 1 aromatic rings. The van der Waals surface area contributed by atoms with Crippen LogP contribution in [0.4, 0.5) is 4.39 Å². The summed E-state index contributed by atoms with van der Waals surface area (Å²) in [5, 5.41) is 4.54. The first-order chi connectivity index (χ1) is 10.8. The lowest BCUT2D eigenvalue weighted by atomic mass is 10.0. The third-order valence-corrected chi connectivity index (χ3v) is 4.63. The van der Waals surface area contributed by atoms with Gasteiger partial charge in [0.05, 0.1) is 11.7 Å². The number of fused-ring (bicyclic) bond motifs is 1. The minimum atomic E-state index is -1.40. The number of hydrogen-bond donors (Lipinski definition) is 0. The van der Waals surface area contributed by atoms with Gasteiger partial charge >= 0.3 is 0 Å². The van der Waals surface area contributed by atoms with E-state index >= 15 is 0 Å². The maximum atomic E-state index is 13.3. The molecule has 0 radical (unpaired) electrons. The highest BCUT2D eigenvalue weighted by atomic mass is 79.9. The van der Waals surface area contributed by atoms with Gasteiger partial charge in [0.1, 0.15) is 16.0 Å². The summed E-state index contributed by atoms with van der Waals surface area (Å²) in [6.07, 6.45) is 0.712. The van der Waals surface area contributed by atoms with Crippen molar-refractivity contribution < 1.29 is 9.13 Å². The van der Waals surface area contributed by atoms with Gasteiger partial charge < -0.3 is 9.64 Å². The Balaban J connectivity index is 2.11. The fourth-order valence-corrected chi connectivity index (χ4v) is 3.70. The summed E-state index contributed by atoms with van der Waals surface area (Å²) in [5.41, 5.74) is 3.99. The summed E-state index contributed by atoms with van der Waals surface area (Å²) in [7, 11) is 1.74. The lowest BCUT2D eigenvalue weighted by Crippen LogP contribution is -2.31. The SMILES string of the molecule is CC1=CC(C)=C(c2nn(C)c(OC(C)F)c2Br)N2CC(C)N=C12. The molecule has 1 aromatic heterocycles. The number of alkyl halides is 1. The number of ether oxygens (including phenoxy) is 1. The summed E-state index contributed by atoms with van der Waals surface area (Å²) in [4.78, 5) is 6.89. The van der Waals surface area contributed by atoms with Crippen molar-refractivity contribution in [3.05, 3.63) is 27.4 Å². The lowest BCUT2D eigenvalue weighted by Gasteiger charge is -2.28. The average molecular weight is 383 g/mol. The van der Waals surface area contributed by atoms with Crippen molar-refractivity contribution in [2.75, 3.05) is 6.54 Å². The third-order valence-electron chi connectivity index (χ3n) is 3.91. The molecule has 0 fully saturated rings. The van der Waals surface area contributed by atoms with E-state index < -0.39 is 6.36 Å². The number of halogens is 2. The number of rotatable bonds is 3. The second-order valence-corrected chi connectivity index (χ2v) is 6.82. The van der Waals surface area contributed by atoms with Gasteiger partial charge in [0.15, 0.2) is 0 Å². The zero-order valence-corrected chi connectivity index (χ0v) is 15.5. The van der Waals surface area contributed by atoms with Crippen LogP contribution in [0.3, 0.4) is 0 Å². The Hall–Kier alpha value is -1.63. The Morgan fingerprint density at radius 1 is 1.43 bits per heavy atom. The van der Waals surface area contributed by atoms with Gasteiger partial charge in [-0.15, -0.1) is 0 Å². The molecule has 0 aliphatic carbocycles. The van der Waals surface area contributed by atoms with Gasteiger partial charge in [-0.05, 0) is 47.8 Å². The molecule has 0 saturated heterocycles. The van der Waals surface area contributed by atoms with E-state index in [2.05, 4.69) is 52.8 Å². The molecule has 124 valence electrons. The van der Waals surface area contributed by atoms with E-state index in [-0.39, 0.29) is 6.04 Å². The number of aromatic nitrogens is 2. The Bertz CT molecular complexity index is 748. The number of amidine groups is 1. The predicted molar refractivity (Wildman–Crippen MR) is 92.1 cm³/mol. The van der Waals surface area contributed by atoms with E-state index in [1.54, 1.807) is 11.7 Å². The molecule has 0 bridgehead atoms. The van der Waals surface area contributed by atoms with Crippen molar-refractivity contribution in [1.82, 2.24) is 14.7 Å². The molecule has 0 saturated carbocycles. The highest BCUT2D eigenvalue weighted by molar-refractivity contribution is 9.10. The fraction of sp³-hybridized carbons (Fsp3) is 0.500. The van der Waals surface area contributed by atoms with Gasteiger partial charge in [0, 0.05) is 20.5 Å². The fourth-order valence-electron chi connectivity index (χ4n) is 3.08. The van der Waals surface area contributed by atoms with Crippen LogP contribution in [0.5, 0.6) is 5.88 Å². The van der Waals surface area contributed by atoms with Crippen molar-refractivity contribution in [1.29, 1.82) is 0 Å². The zero-order valence-electron chi connectivity index (χ0n) is 13.9. The summed E-state index contributed by atoms with van der Waals surface area (Å²) < 4.78 is 20.7. The number of hydrogen-bond acceptors (Lipinski definition) is 4. The molecule has 3 heterocycles. The third kappa shape index (κ3) is 2.71. The Kier molecular flexibility index (Phi) is 4.08. The first-order valence-corrected chi connectivity index (χ1v) is 8.37. The average Bonchev–Trinajstić information content (AvgIpc) is 2.95. The molecular weight excluding hydrogens is 363 g/mol. The molecule has 5 nitrogen and oxygen atoms in total. The van der Waals surface area contributed by atoms with Crippen LogP contribution in [0.2, 0.25) is 0 Å². The minimum absolute atomic E-state index is 0.235. The van der Waals surface area contributed by atoms with Crippen LogP contribution in [0.25, 0.3) is 5.70 Å².